The fraction of sp³-hybridized carbons (Fsp3) is 0.667. The molecule has 1 atom stereocenters. The Hall–Kier alpha value is -0.800. The van der Waals surface area contributed by atoms with E-state index in [1.54, 1.807) is 6.92 Å². The molecule has 1 heterocycles. The normalized spacial score (nSPS) is 13.3. The van der Waals surface area contributed by atoms with Crippen molar-refractivity contribution in [3.63, 3.8) is 0 Å². The van der Waals surface area contributed by atoms with E-state index in [0.717, 1.165) is 30.0 Å². The number of Topliss-reactive ketones (excluding diaryl/α,β-unsaturated/α-hetero) is 1. The molecule has 0 bridgehead atoms. The fourth-order valence-corrected chi connectivity index (χ4v) is 2.24. The molecule has 108 valence electrons. The largest absolute Gasteiger partial charge is 0.347 e. The molecule has 1 aromatic rings. The van der Waals surface area contributed by atoms with Crippen LogP contribution in [0.15, 0.2) is 6.07 Å². The van der Waals surface area contributed by atoms with Gasteiger partial charge in [-0.1, -0.05) is 0 Å². The molecule has 4 heteroatoms. The molecule has 3 nitrogen and oxygen atoms in total. The van der Waals surface area contributed by atoms with Crippen molar-refractivity contribution in [2.24, 2.45) is 0 Å². The van der Waals surface area contributed by atoms with Gasteiger partial charge in [0.25, 0.3) is 0 Å². The minimum absolute atomic E-state index is 0.0123. The van der Waals surface area contributed by atoms with Crippen molar-refractivity contribution >= 4 is 17.4 Å². The number of likely N-dealkylation sites (N-methyl/N-ethyl adjacent to an activating group) is 1. The second kappa shape index (κ2) is 6.58. The van der Waals surface area contributed by atoms with Crippen molar-refractivity contribution in [1.29, 1.82) is 0 Å². The topological polar surface area (TPSA) is 25.2 Å². The molecule has 0 aromatic carbocycles. The lowest BCUT2D eigenvalue weighted by Crippen LogP contribution is -2.30. The highest BCUT2D eigenvalue weighted by atomic mass is 35.5. The summed E-state index contributed by atoms with van der Waals surface area (Å²) in [5, 5.41) is -0.465. The summed E-state index contributed by atoms with van der Waals surface area (Å²) >= 11 is 5.90. The standard InChI is InChI=1S/C15H25ClN2O/c1-10(2)17(6)7-8-18-11(3)9-14(13(18)5)15(19)12(4)16/h9-10,12H,7-8H2,1-6H3. The summed E-state index contributed by atoms with van der Waals surface area (Å²) in [7, 11) is 2.12. The molecule has 0 saturated carbocycles. The molecular weight excluding hydrogens is 260 g/mol. The molecule has 0 radical (unpaired) electrons. The van der Waals surface area contributed by atoms with Gasteiger partial charge in [0, 0.05) is 36.1 Å². The molecule has 0 N–H and O–H groups in total. The zero-order chi connectivity index (χ0) is 14.7. The maximum absolute atomic E-state index is 12.0. The summed E-state index contributed by atoms with van der Waals surface area (Å²) in [6.07, 6.45) is 0. The van der Waals surface area contributed by atoms with Crippen LogP contribution in [0.3, 0.4) is 0 Å². The number of alkyl halides is 1. The van der Waals surface area contributed by atoms with Crippen molar-refractivity contribution in [3.05, 3.63) is 23.0 Å². The quantitative estimate of drug-likeness (QED) is 0.592. The lowest BCUT2D eigenvalue weighted by Gasteiger charge is -2.22. The highest BCUT2D eigenvalue weighted by Gasteiger charge is 2.19. The second-order valence-corrected chi connectivity index (χ2v) is 6.15. The number of hydrogen-bond donors (Lipinski definition) is 0. The molecule has 0 aliphatic heterocycles. The van der Waals surface area contributed by atoms with E-state index in [1.807, 2.05) is 19.9 Å². The first-order chi connectivity index (χ1) is 8.75. The van der Waals surface area contributed by atoms with Gasteiger partial charge in [-0.3, -0.25) is 4.79 Å². The Morgan fingerprint density at radius 1 is 1.37 bits per heavy atom. The third kappa shape index (κ3) is 3.83. The van der Waals surface area contributed by atoms with Crippen molar-refractivity contribution < 1.29 is 4.79 Å². The van der Waals surface area contributed by atoms with E-state index in [-0.39, 0.29) is 5.78 Å². The van der Waals surface area contributed by atoms with E-state index in [9.17, 15) is 4.79 Å². The molecule has 19 heavy (non-hydrogen) atoms. The Morgan fingerprint density at radius 3 is 2.42 bits per heavy atom. The van der Waals surface area contributed by atoms with Crippen molar-refractivity contribution in [1.82, 2.24) is 9.47 Å². The predicted molar refractivity (Wildman–Crippen MR) is 81.3 cm³/mol. The minimum Gasteiger partial charge on any atom is -0.347 e. The molecule has 0 aliphatic carbocycles. The molecule has 1 aromatic heterocycles. The van der Waals surface area contributed by atoms with Crippen molar-refractivity contribution in [2.45, 2.75) is 52.6 Å². The number of carbonyl (C=O) groups excluding carboxylic acids is 1. The Kier molecular flexibility index (Phi) is 5.63. The van der Waals surface area contributed by atoms with Gasteiger partial charge in [0.1, 0.15) is 0 Å². The average Bonchev–Trinajstić information content (AvgIpc) is 2.61. The number of rotatable bonds is 6. The van der Waals surface area contributed by atoms with Crippen LogP contribution in [0.1, 0.15) is 42.5 Å². The molecule has 0 aliphatic rings. The van der Waals surface area contributed by atoms with Gasteiger partial charge in [0.2, 0.25) is 0 Å². The van der Waals surface area contributed by atoms with Crippen LogP contribution in [0.25, 0.3) is 0 Å². The summed E-state index contributed by atoms with van der Waals surface area (Å²) < 4.78 is 2.20. The third-order valence-corrected chi connectivity index (χ3v) is 3.96. The van der Waals surface area contributed by atoms with Gasteiger partial charge in [-0.25, -0.2) is 0 Å². The van der Waals surface area contributed by atoms with Gasteiger partial charge >= 0.3 is 0 Å². The first-order valence-electron chi connectivity index (χ1n) is 6.81. The Labute approximate surface area is 121 Å². The molecular formula is C15H25ClN2O. The number of ketones is 1. The predicted octanol–water partition coefficient (Wildman–Crippen LogP) is 3.26. The third-order valence-electron chi connectivity index (χ3n) is 3.76. The molecule has 1 unspecified atom stereocenters. The number of carbonyl (C=O) groups is 1. The number of nitrogens with zero attached hydrogens (tertiary/aromatic N) is 2. The van der Waals surface area contributed by atoms with Gasteiger partial charge in [0.15, 0.2) is 5.78 Å². The Morgan fingerprint density at radius 2 is 1.95 bits per heavy atom. The van der Waals surface area contributed by atoms with E-state index in [1.165, 1.54) is 0 Å². The van der Waals surface area contributed by atoms with E-state index >= 15 is 0 Å². The maximum atomic E-state index is 12.0. The smallest absolute Gasteiger partial charge is 0.182 e. The van der Waals surface area contributed by atoms with Crippen LogP contribution in [0, 0.1) is 13.8 Å². The first-order valence-corrected chi connectivity index (χ1v) is 7.24. The molecule has 1 rings (SSSR count). The molecule has 0 saturated heterocycles. The highest BCUT2D eigenvalue weighted by molar-refractivity contribution is 6.33. The maximum Gasteiger partial charge on any atom is 0.182 e. The second-order valence-electron chi connectivity index (χ2n) is 5.49. The molecule has 0 amide bonds. The summed E-state index contributed by atoms with van der Waals surface area (Å²) in [5.41, 5.74) is 2.90. The first kappa shape index (κ1) is 16.3. The van der Waals surface area contributed by atoms with Gasteiger partial charge in [-0.05, 0) is 47.7 Å². The lowest BCUT2D eigenvalue weighted by atomic mass is 10.1. The number of hydrogen-bond acceptors (Lipinski definition) is 2. The van der Waals surface area contributed by atoms with E-state index < -0.39 is 5.38 Å². The van der Waals surface area contributed by atoms with Gasteiger partial charge in [-0.15, -0.1) is 11.6 Å². The number of aromatic nitrogens is 1. The SMILES string of the molecule is Cc1cc(C(=O)C(C)Cl)c(C)n1CCN(C)C(C)C. The van der Waals surface area contributed by atoms with E-state index in [2.05, 4.69) is 30.4 Å². The zero-order valence-corrected chi connectivity index (χ0v) is 13.6. The van der Waals surface area contributed by atoms with Crippen molar-refractivity contribution in [2.75, 3.05) is 13.6 Å². The van der Waals surface area contributed by atoms with Crippen LogP contribution in [0.2, 0.25) is 0 Å². The van der Waals surface area contributed by atoms with E-state index in [4.69, 9.17) is 11.6 Å². The number of aryl methyl sites for hydroxylation is 1. The van der Waals surface area contributed by atoms with Crippen LogP contribution in [-0.2, 0) is 6.54 Å². The van der Waals surface area contributed by atoms with Crippen LogP contribution in [0.5, 0.6) is 0 Å². The summed E-state index contributed by atoms with van der Waals surface area (Å²) in [6, 6.07) is 2.48. The lowest BCUT2D eigenvalue weighted by molar-refractivity contribution is 0.0991. The Balaban J connectivity index is 2.89. The highest BCUT2D eigenvalue weighted by Crippen LogP contribution is 2.18. The fourth-order valence-electron chi connectivity index (χ4n) is 2.12. The molecule has 0 spiro atoms. The zero-order valence-electron chi connectivity index (χ0n) is 12.8. The van der Waals surface area contributed by atoms with Crippen LogP contribution >= 0.6 is 11.6 Å². The van der Waals surface area contributed by atoms with Crippen LogP contribution < -0.4 is 0 Å². The van der Waals surface area contributed by atoms with Gasteiger partial charge < -0.3 is 9.47 Å². The number of halogens is 1. The minimum atomic E-state index is -0.465. The molecule has 0 fully saturated rings. The summed E-state index contributed by atoms with van der Waals surface area (Å²) in [4.78, 5) is 14.3. The summed E-state index contributed by atoms with van der Waals surface area (Å²) in [5.74, 6) is 0.0123. The average molecular weight is 285 g/mol. The monoisotopic (exact) mass is 284 g/mol. The van der Waals surface area contributed by atoms with Crippen LogP contribution in [-0.4, -0.2) is 40.3 Å². The van der Waals surface area contributed by atoms with Gasteiger partial charge in [-0.2, -0.15) is 0 Å². The van der Waals surface area contributed by atoms with E-state index in [0.29, 0.717) is 6.04 Å². The van der Waals surface area contributed by atoms with Gasteiger partial charge in [0.05, 0.1) is 5.38 Å². The Bertz CT molecular complexity index is 449. The van der Waals surface area contributed by atoms with Crippen LogP contribution in [0.4, 0.5) is 0 Å². The summed E-state index contributed by atoms with van der Waals surface area (Å²) in [6.45, 7) is 12.0. The van der Waals surface area contributed by atoms with Crippen molar-refractivity contribution in [3.8, 4) is 0 Å².